The van der Waals surface area contributed by atoms with Gasteiger partial charge in [0.1, 0.15) is 18.0 Å². The Morgan fingerprint density at radius 3 is 2.76 bits per heavy atom. The summed E-state index contributed by atoms with van der Waals surface area (Å²) in [6.07, 6.45) is 1.53. The van der Waals surface area contributed by atoms with Crippen molar-refractivity contribution in [1.29, 1.82) is 0 Å². The lowest BCUT2D eigenvalue weighted by atomic mass is 10.2. The van der Waals surface area contributed by atoms with E-state index in [9.17, 15) is 4.39 Å². The van der Waals surface area contributed by atoms with Crippen molar-refractivity contribution < 1.29 is 4.39 Å². The summed E-state index contributed by atoms with van der Waals surface area (Å²) in [4.78, 5) is 10.2. The second kappa shape index (κ2) is 4.91. The lowest BCUT2D eigenvalue weighted by Crippen LogP contribution is -2.18. The third-order valence-corrected chi connectivity index (χ3v) is 2.49. The van der Waals surface area contributed by atoms with Crippen LogP contribution in [0.4, 0.5) is 10.2 Å². The molecule has 1 aromatic heterocycles. The number of anilines is 1. The van der Waals surface area contributed by atoms with Crippen LogP contribution >= 0.6 is 0 Å². The molecule has 0 aliphatic rings. The van der Waals surface area contributed by atoms with Crippen LogP contribution < -0.4 is 4.90 Å². The molecular formula is C13H14FN3. The summed E-state index contributed by atoms with van der Waals surface area (Å²) in [6.45, 7) is 2.54. The molecule has 0 N–H and O–H groups in total. The monoisotopic (exact) mass is 231 g/mol. The summed E-state index contributed by atoms with van der Waals surface area (Å²) in [5.41, 5.74) is 1.84. The van der Waals surface area contributed by atoms with E-state index in [2.05, 4.69) is 9.97 Å². The zero-order valence-electron chi connectivity index (χ0n) is 9.89. The minimum absolute atomic E-state index is 0.213. The highest BCUT2D eigenvalue weighted by Gasteiger charge is 2.04. The van der Waals surface area contributed by atoms with Crippen LogP contribution in [0, 0.1) is 12.7 Å². The maximum atomic E-state index is 13.0. The molecule has 4 heteroatoms. The first-order valence-corrected chi connectivity index (χ1v) is 5.39. The Balaban J connectivity index is 2.14. The molecule has 0 aliphatic carbocycles. The average Bonchev–Trinajstić information content (AvgIpc) is 2.29. The van der Waals surface area contributed by atoms with Gasteiger partial charge in [-0.25, -0.2) is 14.4 Å². The summed E-state index contributed by atoms with van der Waals surface area (Å²) in [5.74, 6) is 0.622. The van der Waals surface area contributed by atoms with E-state index in [0.29, 0.717) is 6.54 Å². The van der Waals surface area contributed by atoms with E-state index in [4.69, 9.17) is 0 Å². The molecule has 1 aromatic carbocycles. The van der Waals surface area contributed by atoms with Gasteiger partial charge in [0.15, 0.2) is 0 Å². The van der Waals surface area contributed by atoms with Crippen molar-refractivity contribution >= 4 is 5.82 Å². The fourth-order valence-electron chi connectivity index (χ4n) is 1.64. The lowest BCUT2D eigenvalue weighted by molar-refractivity contribution is 0.625. The lowest BCUT2D eigenvalue weighted by Gasteiger charge is -2.18. The van der Waals surface area contributed by atoms with Crippen molar-refractivity contribution in [3.8, 4) is 0 Å². The van der Waals surface area contributed by atoms with Crippen molar-refractivity contribution in [2.45, 2.75) is 13.5 Å². The van der Waals surface area contributed by atoms with Crippen LogP contribution in [-0.4, -0.2) is 17.0 Å². The highest BCUT2D eigenvalue weighted by Crippen LogP contribution is 2.13. The first-order chi connectivity index (χ1) is 8.15. The fraction of sp³-hybridized carbons (Fsp3) is 0.231. The molecule has 2 rings (SSSR count). The molecule has 17 heavy (non-hydrogen) atoms. The molecule has 0 spiro atoms. The third-order valence-electron chi connectivity index (χ3n) is 2.49. The summed E-state index contributed by atoms with van der Waals surface area (Å²) >= 11 is 0. The number of aryl methyl sites for hydroxylation is 1. The maximum Gasteiger partial charge on any atom is 0.132 e. The first kappa shape index (κ1) is 11.5. The molecular weight excluding hydrogens is 217 g/mol. The predicted molar refractivity (Wildman–Crippen MR) is 65.3 cm³/mol. The van der Waals surface area contributed by atoms with Crippen molar-refractivity contribution in [1.82, 2.24) is 9.97 Å². The Morgan fingerprint density at radius 1 is 1.24 bits per heavy atom. The van der Waals surface area contributed by atoms with Crippen LogP contribution in [0.25, 0.3) is 0 Å². The van der Waals surface area contributed by atoms with E-state index in [1.54, 1.807) is 6.07 Å². The SMILES string of the molecule is Cc1cc(N(C)Cc2cccc(F)c2)ncn1. The van der Waals surface area contributed by atoms with E-state index in [0.717, 1.165) is 17.1 Å². The number of rotatable bonds is 3. The van der Waals surface area contributed by atoms with E-state index in [-0.39, 0.29) is 5.82 Å². The molecule has 3 nitrogen and oxygen atoms in total. The van der Waals surface area contributed by atoms with Gasteiger partial charge >= 0.3 is 0 Å². The van der Waals surface area contributed by atoms with Gasteiger partial charge in [0, 0.05) is 25.4 Å². The van der Waals surface area contributed by atoms with Gasteiger partial charge in [-0.15, -0.1) is 0 Å². The number of benzene rings is 1. The Hall–Kier alpha value is -1.97. The summed E-state index contributed by atoms with van der Waals surface area (Å²) in [5, 5.41) is 0. The minimum Gasteiger partial charge on any atom is -0.355 e. The summed E-state index contributed by atoms with van der Waals surface area (Å²) in [7, 11) is 1.92. The topological polar surface area (TPSA) is 29.0 Å². The Kier molecular flexibility index (Phi) is 3.32. The Labute approximate surface area is 99.9 Å². The molecule has 0 saturated heterocycles. The smallest absolute Gasteiger partial charge is 0.132 e. The number of aromatic nitrogens is 2. The molecule has 1 heterocycles. The van der Waals surface area contributed by atoms with Gasteiger partial charge in [0.05, 0.1) is 0 Å². The molecule has 2 aromatic rings. The molecule has 0 unspecified atom stereocenters. The molecule has 0 saturated carbocycles. The highest BCUT2D eigenvalue weighted by molar-refractivity contribution is 5.38. The predicted octanol–water partition coefficient (Wildman–Crippen LogP) is 2.56. The second-order valence-electron chi connectivity index (χ2n) is 4.00. The molecule has 0 fully saturated rings. The number of hydrogen-bond donors (Lipinski definition) is 0. The zero-order valence-corrected chi connectivity index (χ0v) is 9.89. The fourth-order valence-corrected chi connectivity index (χ4v) is 1.64. The van der Waals surface area contributed by atoms with E-state index in [1.165, 1.54) is 18.5 Å². The third kappa shape index (κ3) is 3.00. The standard InChI is InChI=1S/C13H14FN3/c1-10-6-13(16-9-15-10)17(2)8-11-4-3-5-12(14)7-11/h3-7,9H,8H2,1-2H3. The van der Waals surface area contributed by atoms with Gasteiger partial charge in [-0.2, -0.15) is 0 Å². The van der Waals surface area contributed by atoms with Gasteiger partial charge in [0.2, 0.25) is 0 Å². The Bertz CT molecular complexity index is 514. The largest absolute Gasteiger partial charge is 0.355 e. The molecule has 0 radical (unpaired) electrons. The number of halogens is 1. The zero-order chi connectivity index (χ0) is 12.3. The second-order valence-corrected chi connectivity index (χ2v) is 4.00. The van der Waals surface area contributed by atoms with Crippen LogP contribution in [0.15, 0.2) is 36.7 Å². The van der Waals surface area contributed by atoms with E-state index >= 15 is 0 Å². The van der Waals surface area contributed by atoms with Crippen LogP contribution in [0.1, 0.15) is 11.3 Å². The van der Waals surface area contributed by atoms with Gasteiger partial charge in [-0.3, -0.25) is 0 Å². The molecule has 0 bridgehead atoms. The molecule has 88 valence electrons. The molecule has 0 atom stereocenters. The van der Waals surface area contributed by atoms with Crippen LogP contribution in [0.3, 0.4) is 0 Å². The quantitative estimate of drug-likeness (QED) is 0.813. The first-order valence-electron chi connectivity index (χ1n) is 5.39. The van der Waals surface area contributed by atoms with Crippen molar-refractivity contribution in [3.05, 3.63) is 53.7 Å². The van der Waals surface area contributed by atoms with Gasteiger partial charge in [-0.1, -0.05) is 12.1 Å². The Morgan fingerprint density at radius 2 is 2.06 bits per heavy atom. The maximum absolute atomic E-state index is 13.0. The van der Waals surface area contributed by atoms with E-state index < -0.39 is 0 Å². The number of nitrogens with zero attached hydrogens (tertiary/aromatic N) is 3. The van der Waals surface area contributed by atoms with Crippen molar-refractivity contribution in [3.63, 3.8) is 0 Å². The number of hydrogen-bond acceptors (Lipinski definition) is 3. The van der Waals surface area contributed by atoms with Gasteiger partial charge < -0.3 is 4.90 Å². The summed E-state index contributed by atoms with van der Waals surface area (Å²) < 4.78 is 13.0. The van der Waals surface area contributed by atoms with Gasteiger partial charge in [-0.05, 0) is 24.6 Å². The van der Waals surface area contributed by atoms with Crippen LogP contribution in [-0.2, 0) is 6.54 Å². The van der Waals surface area contributed by atoms with E-state index in [1.807, 2.05) is 31.0 Å². The molecule has 0 aliphatic heterocycles. The van der Waals surface area contributed by atoms with Crippen molar-refractivity contribution in [2.75, 3.05) is 11.9 Å². The van der Waals surface area contributed by atoms with Crippen LogP contribution in [0.5, 0.6) is 0 Å². The normalized spacial score (nSPS) is 10.3. The minimum atomic E-state index is -0.213. The van der Waals surface area contributed by atoms with Crippen LogP contribution in [0.2, 0.25) is 0 Å². The molecule has 0 amide bonds. The van der Waals surface area contributed by atoms with Gasteiger partial charge in [0.25, 0.3) is 0 Å². The summed E-state index contributed by atoms with van der Waals surface area (Å²) in [6, 6.07) is 8.49. The van der Waals surface area contributed by atoms with Crippen molar-refractivity contribution in [2.24, 2.45) is 0 Å². The average molecular weight is 231 g/mol. The highest BCUT2D eigenvalue weighted by atomic mass is 19.1.